The Hall–Kier alpha value is -3.44. The first-order valence-electron chi connectivity index (χ1n) is 11.8. The average Bonchev–Trinajstić information content (AvgIpc) is 3.30. The van der Waals surface area contributed by atoms with Crippen molar-refractivity contribution in [1.29, 1.82) is 0 Å². The van der Waals surface area contributed by atoms with Gasteiger partial charge in [-0.3, -0.25) is 4.79 Å². The third kappa shape index (κ3) is 4.57. The Morgan fingerprint density at radius 3 is 2.43 bits per heavy atom. The quantitative estimate of drug-likeness (QED) is 0.380. The van der Waals surface area contributed by atoms with E-state index < -0.39 is 27.3 Å². The van der Waals surface area contributed by atoms with Crippen molar-refractivity contribution in [1.82, 2.24) is 23.4 Å². The Morgan fingerprint density at radius 2 is 1.78 bits per heavy atom. The lowest BCUT2D eigenvalue weighted by molar-refractivity contribution is 0.0189. The molecule has 0 saturated carbocycles. The molecule has 12 heteroatoms. The number of fused-ring (bicyclic) bond motifs is 3. The highest BCUT2D eigenvalue weighted by Crippen LogP contribution is 2.31. The number of aromatic nitrogens is 4. The molecule has 1 amide bonds. The molecule has 10 nitrogen and oxygen atoms in total. The second-order valence-corrected chi connectivity index (χ2v) is 12.1. The third-order valence-corrected chi connectivity index (χ3v) is 8.20. The van der Waals surface area contributed by atoms with E-state index in [-0.39, 0.29) is 21.7 Å². The molecule has 194 valence electrons. The van der Waals surface area contributed by atoms with Gasteiger partial charge < -0.3 is 14.2 Å². The SMILES string of the molecule is CC(C)(C)OC(=O)N1CCC(n2c(=O)c(Cl)nc3cnc4c(ccn4S(=O)(=O)c4ccccc4)c32)CC1. The van der Waals surface area contributed by atoms with E-state index in [1.807, 2.05) is 20.8 Å². The smallest absolute Gasteiger partial charge is 0.410 e. The van der Waals surface area contributed by atoms with Gasteiger partial charge in [-0.15, -0.1) is 0 Å². The van der Waals surface area contributed by atoms with Gasteiger partial charge in [0.2, 0.25) is 0 Å². The number of carbonyl (C=O) groups is 1. The van der Waals surface area contributed by atoms with E-state index in [2.05, 4.69) is 9.97 Å². The zero-order valence-electron chi connectivity index (χ0n) is 20.6. The van der Waals surface area contributed by atoms with Crippen LogP contribution in [-0.2, 0) is 14.8 Å². The average molecular weight is 544 g/mol. The summed E-state index contributed by atoms with van der Waals surface area (Å²) in [6.45, 7) is 6.22. The number of halogens is 1. The van der Waals surface area contributed by atoms with Crippen LogP contribution in [0.5, 0.6) is 0 Å². The van der Waals surface area contributed by atoms with Gasteiger partial charge in [-0.05, 0) is 51.8 Å². The maximum Gasteiger partial charge on any atom is 0.410 e. The number of hydrogen-bond acceptors (Lipinski definition) is 7. The molecular formula is C25H26ClN5O5S. The molecule has 0 unspecified atom stereocenters. The molecule has 0 spiro atoms. The van der Waals surface area contributed by atoms with E-state index in [1.54, 1.807) is 33.7 Å². The minimum absolute atomic E-state index is 0.121. The maximum absolute atomic E-state index is 13.3. The lowest BCUT2D eigenvalue weighted by atomic mass is 10.0. The molecule has 1 fully saturated rings. The summed E-state index contributed by atoms with van der Waals surface area (Å²) in [6, 6.07) is 9.39. The van der Waals surface area contributed by atoms with Gasteiger partial charge in [0.25, 0.3) is 15.6 Å². The summed E-state index contributed by atoms with van der Waals surface area (Å²) < 4.78 is 34.8. The van der Waals surface area contributed by atoms with Crippen molar-refractivity contribution in [2.24, 2.45) is 0 Å². The molecule has 3 aromatic heterocycles. The first-order valence-corrected chi connectivity index (χ1v) is 13.7. The summed E-state index contributed by atoms with van der Waals surface area (Å²) >= 11 is 6.21. The molecule has 0 aliphatic carbocycles. The van der Waals surface area contributed by atoms with Crippen LogP contribution in [0, 0.1) is 0 Å². The summed E-state index contributed by atoms with van der Waals surface area (Å²) in [5.74, 6) is 0. The van der Waals surface area contributed by atoms with Crippen LogP contribution in [-0.4, -0.2) is 56.6 Å². The van der Waals surface area contributed by atoms with E-state index >= 15 is 0 Å². The number of benzene rings is 1. The third-order valence-electron chi connectivity index (χ3n) is 6.27. The number of likely N-dealkylation sites (tertiary alicyclic amines) is 1. The van der Waals surface area contributed by atoms with Crippen LogP contribution < -0.4 is 5.56 Å². The predicted molar refractivity (Wildman–Crippen MR) is 139 cm³/mol. The molecule has 1 aromatic carbocycles. The number of amides is 1. The first kappa shape index (κ1) is 25.2. The molecule has 0 atom stereocenters. The van der Waals surface area contributed by atoms with Crippen LogP contribution in [0.3, 0.4) is 0 Å². The number of hydrogen-bond donors (Lipinski definition) is 0. The van der Waals surface area contributed by atoms with E-state index in [4.69, 9.17) is 16.3 Å². The van der Waals surface area contributed by atoms with Gasteiger partial charge in [0.05, 0.1) is 16.6 Å². The highest BCUT2D eigenvalue weighted by molar-refractivity contribution is 7.90. The van der Waals surface area contributed by atoms with Gasteiger partial charge >= 0.3 is 6.09 Å². The van der Waals surface area contributed by atoms with Crippen molar-refractivity contribution >= 4 is 49.8 Å². The van der Waals surface area contributed by atoms with Gasteiger partial charge in [-0.2, -0.15) is 0 Å². The summed E-state index contributed by atoms with van der Waals surface area (Å²) in [5, 5.41) is 0.271. The van der Waals surface area contributed by atoms with Crippen molar-refractivity contribution in [3.63, 3.8) is 0 Å². The van der Waals surface area contributed by atoms with Crippen LogP contribution in [0.25, 0.3) is 22.1 Å². The minimum atomic E-state index is -3.92. The number of rotatable bonds is 3. The van der Waals surface area contributed by atoms with Crippen LogP contribution >= 0.6 is 11.6 Å². The monoisotopic (exact) mass is 543 g/mol. The van der Waals surface area contributed by atoms with Gasteiger partial charge in [0.1, 0.15) is 11.1 Å². The lowest BCUT2D eigenvalue weighted by Crippen LogP contribution is -2.43. The Labute approximate surface area is 218 Å². The van der Waals surface area contributed by atoms with Gasteiger partial charge in [-0.25, -0.2) is 27.2 Å². The highest BCUT2D eigenvalue weighted by atomic mass is 35.5. The van der Waals surface area contributed by atoms with Crippen molar-refractivity contribution in [3.8, 4) is 0 Å². The minimum Gasteiger partial charge on any atom is -0.444 e. The first-order chi connectivity index (χ1) is 17.5. The molecule has 0 N–H and O–H groups in total. The molecule has 0 bridgehead atoms. The maximum atomic E-state index is 13.3. The molecule has 1 saturated heterocycles. The van der Waals surface area contributed by atoms with Crippen LogP contribution in [0.1, 0.15) is 39.7 Å². The Bertz CT molecular complexity index is 1670. The number of pyridine rings is 1. The van der Waals surface area contributed by atoms with E-state index in [0.29, 0.717) is 42.4 Å². The second-order valence-electron chi connectivity index (χ2n) is 9.94. The van der Waals surface area contributed by atoms with Crippen molar-refractivity contribution in [2.45, 2.75) is 50.2 Å². The zero-order chi connectivity index (χ0) is 26.5. The fourth-order valence-corrected chi connectivity index (χ4v) is 6.11. The number of piperidine rings is 1. The topological polar surface area (TPSA) is 116 Å². The van der Waals surface area contributed by atoms with E-state index in [1.165, 1.54) is 24.5 Å². The van der Waals surface area contributed by atoms with Gasteiger partial charge in [-0.1, -0.05) is 29.8 Å². The van der Waals surface area contributed by atoms with Crippen LogP contribution in [0.4, 0.5) is 4.79 Å². The standard InChI is InChI=1S/C25H26ClN5O5S/c1-25(2,3)36-24(33)29-12-9-16(10-13-29)31-20-18-11-14-30(37(34,35)17-7-5-4-6-8-17)22(18)27-15-19(20)28-21(26)23(31)32/h4-8,11,14-16H,9-10,12-13H2,1-3H3. The molecule has 5 rings (SSSR count). The molecular weight excluding hydrogens is 518 g/mol. The molecule has 1 aliphatic rings. The number of ether oxygens (including phenoxy) is 1. The molecule has 37 heavy (non-hydrogen) atoms. The van der Waals surface area contributed by atoms with Gasteiger partial charge in [0.15, 0.2) is 10.8 Å². The van der Waals surface area contributed by atoms with Crippen LogP contribution in [0.15, 0.2) is 58.5 Å². The summed E-state index contributed by atoms with van der Waals surface area (Å²) in [5.41, 5.74) is -0.0690. The molecule has 1 aliphatic heterocycles. The molecule has 4 heterocycles. The second kappa shape index (κ2) is 9.14. The predicted octanol–water partition coefficient (Wildman–Crippen LogP) is 4.21. The molecule has 4 aromatic rings. The Kier molecular flexibility index (Phi) is 6.23. The Balaban J connectivity index is 1.58. The summed E-state index contributed by atoms with van der Waals surface area (Å²) in [4.78, 5) is 36.1. The highest BCUT2D eigenvalue weighted by Gasteiger charge is 2.30. The largest absolute Gasteiger partial charge is 0.444 e. The summed E-state index contributed by atoms with van der Waals surface area (Å²) in [6.07, 6.45) is 3.43. The lowest BCUT2D eigenvalue weighted by Gasteiger charge is -2.34. The zero-order valence-corrected chi connectivity index (χ0v) is 22.2. The van der Waals surface area contributed by atoms with E-state index in [0.717, 1.165) is 3.97 Å². The molecule has 0 radical (unpaired) electrons. The fraction of sp³-hybridized carbons (Fsp3) is 0.360. The van der Waals surface area contributed by atoms with E-state index in [9.17, 15) is 18.0 Å². The van der Waals surface area contributed by atoms with Crippen molar-refractivity contribution < 1.29 is 17.9 Å². The number of nitrogens with zero attached hydrogens (tertiary/aromatic N) is 5. The Morgan fingerprint density at radius 1 is 1.11 bits per heavy atom. The van der Waals surface area contributed by atoms with Crippen LogP contribution in [0.2, 0.25) is 5.15 Å². The summed E-state index contributed by atoms with van der Waals surface area (Å²) in [7, 11) is -3.92. The number of carbonyl (C=O) groups excluding carboxylic acids is 1. The normalized spacial score (nSPS) is 15.4. The van der Waals surface area contributed by atoms with Crippen molar-refractivity contribution in [2.75, 3.05) is 13.1 Å². The fourth-order valence-electron chi connectivity index (χ4n) is 4.61. The van der Waals surface area contributed by atoms with Crippen molar-refractivity contribution in [3.05, 3.63) is 64.3 Å². The van der Waals surface area contributed by atoms with Gasteiger partial charge in [0, 0.05) is 30.7 Å².